The maximum absolute atomic E-state index is 12.8. The third kappa shape index (κ3) is 4.14. The van der Waals surface area contributed by atoms with Gasteiger partial charge in [-0.1, -0.05) is 0 Å². The number of carbonyl (C=O) groups excluding carboxylic acids is 1. The van der Waals surface area contributed by atoms with E-state index in [0.717, 1.165) is 36.1 Å². The Morgan fingerprint density at radius 1 is 1.19 bits per heavy atom. The molecule has 0 aromatic carbocycles. The summed E-state index contributed by atoms with van der Waals surface area (Å²) in [5.74, 6) is 0.0548. The summed E-state index contributed by atoms with van der Waals surface area (Å²) < 4.78 is 41.1. The largest absolute Gasteiger partial charge is 0.421 e. The van der Waals surface area contributed by atoms with Crippen molar-refractivity contribution >= 4 is 5.91 Å². The SMILES string of the molecule is O=C(Cn1cccc(C(F)(F)F)c1=O)N1CCC(Cn2cccn2)CC1. The molecule has 0 saturated carbocycles. The smallest absolute Gasteiger partial charge is 0.341 e. The molecular formula is C17H19F3N4O2. The van der Waals surface area contributed by atoms with Gasteiger partial charge in [-0.3, -0.25) is 14.3 Å². The average molecular weight is 368 g/mol. The van der Waals surface area contributed by atoms with E-state index < -0.39 is 17.3 Å². The summed E-state index contributed by atoms with van der Waals surface area (Å²) in [5.41, 5.74) is -2.45. The molecule has 9 heteroatoms. The van der Waals surface area contributed by atoms with Crippen molar-refractivity contribution in [3.05, 3.63) is 52.7 Å². The number of amides is 1. The average Bonchev–Trinajstić information content (AvgIpc) is 3.09. The van der Waals surface area contributed by atoms with E-state index in [-0.39, 0.29) is 12.5 Å². The number of pyridine rings is 1. The molecule has 1 amide bonds. The van der Waals surface area contributed by atoms with Gasteiger partial charge in [-0.15, -0.1) is 0 Å². The van der Waals surface area contributed by atoms with Crippen molar-refractivity contribution in [2.24, 2.45) is 5.92 Å². The van der Waals surface area contributed by atoms with E-state index in [0.29, 0.717) is 19.0 Å². The van der Waals surface area contributed by atoms with Crippen LogP contribution in [-0.2, 0) is 24.1 Å². The minimum Gasteiger partial charge on any atom is -0.341 e. The standard InChI is InChI=1S/C17H19F3N4O2/c18-17(19,20)14-3-1-7-23(16(14)26)12-15(25)22-9-4-13(5-10-22)11-24-8-2-6-21-24/h1-3,6-8,13H,4-5,9-12H2. The Kier molecular flexibility index (Phi) is 5.15. The summed E-state index contributed by atoms with van der Waals surface area (Å²) in [6.07, 6.45) is 1.67. The quantitative estimate of drug-likeness (QED) is 0.829. The van der Waals surface area contributed by atoms with Crippen molar-refractivity contribution in [3.8, 4) is 0 Å². The highest BCUT2D eigenvalue weighted by atomic mass is 19.4. The molecule has 0 aliphatic carbocycles. The van der Waals surface area contributed by atoms with Gasteiger partial charge in [0.25, 0.3) is 5.56 Å². The minimum atomic E-state index is -4.73. The van der Waals surface area contributed by atoms with Gasteiger partial charge in [-0.2, -0.15) is 18.3 Å². The lowest BCUT2D eigenvalue weighted by atomic mass is 9.97. The third-order valence-corrected chi connectivity index (χ3v) is 4.60. The van der Waals surface area contributed by atoms with Crippen LogP contribution in [0.4, 0.5) is 13.2 Å². The van der Waals surface area contributed by atoms with Gasteiger partial charge in [0.15, 0.2) is 0 Å². The van der Waals surface area contributed by atoms with Crippen LogP contribution in [0.3, 0.4) is 0 Å². The lowest BCUT2D eigenvalue weighted by Gasteiger charge is -2.32. The van der Waals surface area contributed by atoms with Crippen LogP contribution in [-0.4, -0.2) is 38.2 Å². The Morgan fingerprint density at radius 3 is 2.54 bits per heavy atom. The molecule has 140 valence electrons. The lowest BCUT2D eigenvalue weighted by molar-refractivity contribution is -0.140. The monoisotopic (exact) mass is 368 g/mol. The predicted molar refractivity (Wildman–Crippen MR) is 87.2 cm³/mol. The van der Waals surface area contributed by atoms with E-state index in [2.05, 4.69) is 5.10 Å². The highest BCUT2D eigenvalue weighted by Crippen LogP contribution is 2.26. The number of hydrogen-bond acceptors (Lipinski definition) is 3. The van der Waals surface area contributed by atoms with Crippen LogP contribution in [0.5, 0.6) is 0 Å². The molecule has 0 unspecified atom stereocenters. The number of piperidine rings is 1. The molecule has 26 heavy (non-hydrogen) atoms. The Bertz CT molecular complexity index is 806. The molecule has 0 spiro atoms. The Morgan fingerprint density at radius 2 is 1.92 bits per heavy atom. The number of rotatable bonds is 4. The molecule has 2 aromatic rings. The Labute approximate surface area is 147 Å². The summed E-state index contributed by atoms with van der Waals surface area (Å²) in [4.78, 5) is 25.9. The fraction of sp³-hybridized carbons (Fsp3) is 0.471. The van der Waals surface area contributed by atoms with E-state index in [1.807, 2.05) is 16.9 Å². The van der Waals surface area contributed by atoms with Crippen molar-refractivity contribution < 1.29 is 18.0 Å². The van der Waals surface area contributed by atoms with E-state index in [4.69, 9.17) is 0 Å². The highest BCUT2D eigenvalue weighted by Gasteiger charge is 2.34. The lowest BCUT2D eigenvalue weighted by Crippen LogP contribution is -2.42. The molecule has 2 aromatic heterocycles. The second kappa shape index (κ2) is 7.35. The van der Waals surface area contributed by atoms with Crippen molar-refractivity contribution in [2.45, 2.75) is 32.1 Å². The van der Waals surface area contributed by atoms with Gasteiger partial charge in [-0.05, 0) is 37.0 Å². The molecule has 1 aliphatic heterocycles. The fourth-order valence-corrected chi connectivity index (χ4v) is 3.16. The maximum atomic E-state index is 12.8. The van der Waals surface area contributed by atoms with Crippen LogP contribution in [0.15, 0.2) is 41.6 Å². The summed E-state index contributed by atoms with van der Waals surface area (Å²) in [6.45, 7) is 1.45. The van der Waals surface area contributed by atoms with Gasteiger partial charge >= 0.3 is 6.18 Å². The van der Waals surface area contributed by atoms with Crippen molar-refractivity contribution in [1.29, 1.82) is 0 Å². The number of likely N-dealkylation sites (tertiary alicyclic amines) is 1. The predicted octanol–water partition coefficient (Wildman–Crippen LogP) is 2.00. The van der Waals surface area contributed by atoms with Gasteiger partial charge in [0.1, 0.15) is 12.1 Å². The van der Waals surface area contributed by atoms with Crippen LogP contribution in [0.2, 0.25) is 0 Å². The molecule has 1 saturated heterocycles. The topological polar surface area (TPSA) is 60.1 Å². The second-order valence-electron chi connectivity index (χ2n) is 6.40. The van der Waals surface area contributed by atoms with Crippen LogP contribution < -0.4 is 5.56 Å². The zero-order valence-electron chi connectivity index (χ0n) is 14.0. The summed E-state index contributed by atoms with van der Waals surface area (Å²) in [7, 11) is 0. The summed E-state index contributed by atoms with van der Waals surface area (Å²) in [6, 6.07) is 3.71. The molecule has 1 fully saturated rings. The number of aromatic nitrogens is 3. The van der Waals surface area contributed by atoms with Crippen molar-refractivity contribution in [3.63, 3.8) is 0 Å². The first kappa shape index (κ1) is 18.2. The number of alkyl halides is 3. The van der Waals surface area contributed by atoms with Gasteiger partial charge in [0.2, 0.25) is 5.91 Å². The van der Waals surface area contributed by atoms with Crippen LogP contribution in [0, 0.1) is 5.92 Å². The second-order valence-corrected chi connectivity index (χ2v) is 6.40. The minimum absolute atomic E-state index is 0.344. The van der Waals surface area contributed by atoms with E-state index in [1.165, 1.54) is 6.20 Å². The van der Waals surface area contributed by atoms with Crippen molar-refractivity contribution in [1.82, 2.24) is 19.2 Å². The van der Waals surface area contributed by atoms with Crippen LogP contribution in [0.25, 0.3) is 0 Å². The fourth-order valence-electron chi connectivity index (χ4n) is 3.16. The number of hydrogen-bond donors (Lipinski definition) is 0. The molecule has 1 aliphatic rings. The van der Waals surface area contributed by atoms with Gasteiger partial charge < -0.3 is 9.47 Å². The van der Waals surface area contributed by atoms with E-state index in [1.54, 1.807) is 11.1 Å². The molecule has 3 heterocycles. The summed E-state index contributed by atoms with van der Waals surface area (Å²) in [5, 5.41) is 4.16. The molecule has 0 bridgehead atoms. The number of halogens is 3. The number of nitrogens with zero attached hydrogens (tertiary/aromatic N) is 4. The summed E-state index contributed by atoms with van der Waals surface area (Å²) >= 11 is 0. The van der Waals surface area contributed by atoms with E-state index >= 15 is 0 Å². The first-order valence-corrected chi connectivity index (χ1v) is 8.36. The van der Waals surface area contributed by atoms with Gasteiger partial charge in [-0.25, -0.2) is 0 Å². The zero-order valence-corrected chi connectivity index (χ0v) is 14.0. The third-order valence-electron chi connectivity index (χ3n) is 4.60. The maximum Gasteiger partial charge on any atom is 0.421 e. The normalized spacial score (nSPS) is 16.0. The molecule has 0 N–H and O–H groups in total. The molecule has 3 rings (SSSR count). The van der Waals surface area contributed by atoms with Gasteiger partial charge in [0.05, 0.1) is 0 Å². The molecule has 0 radical (unpaired) electrons. The number of carbonyl (C=O) groups is 1. The molecule has 6 nitrogen and oxygen atoms in total. The zero-order chi connectivity index (χ0) is 18.7. The first-order valence-electron chi connectivity index (χ1n) is 8.36. The first-order chi connectivity index (χ1) is 12.3. The van der Waals surface area contributed by atoms with Crippen LogP contribution >= 0.6 is 0 Å². The van der Waals surface area contributed by atoms with E-state index in [9.17, 15) is 22.8 Å². The Balaban J connectivity index is 1.59. The highest BCUT2D eigenvalue weighted by molar-refractivity contribution is 5.76. The Hall–Kier alpha value is -2.58. The molecular weight excluding hydrogens is 349 g/mol. The van der Waals surface area contributed by atoms with Crippen LogP contribution in [0.1, 0.15) is 18.4 Å². The van der Waals surface area contributed by atoms with Crippen molar-refractivity contribution in [2.75, 3.05) is 13.1 Å². The molecule has 0 atom stereocenters. The van der Waals surface area contributed by atoms with Gasteiger partial charge in [0, 0.05) is 38.2 Å².